The highest BCUT2D eigenvalue weighted by Gasteiger charge is 2.18. The molecule has 0 atom stereocenters. The van der Waals surface area contributed by atoms with Gasteiger partial charge in [0.1, 0.15) is 18.1 Å². The van der Waals surface area contributed by atoms with Crippen LogP contribution < -0.4 is 15.0 Å². The zero-order chi connectivity index (χ0) is 16.8. The van der Waals surface area contributed by atoms with Crippen molar-refractivity contribution >= 4 is 17.6 Å². The van der Waals surface area contributed by atoms with E-state index < -0.39 is 0 Å². The predicted octanol–water partition coefficient (Wildman–Crippen LogP) is 1.66. The number of hydrogen-bond donors (Lipinski definition) is 1. The van der Waals surface area contributed by atoms with Crippen molar-refractivity contribution in [3.63, 3.8) is 0 Å². The molecule has 1 aromatic heterocycles. The highest BCUT2D eigenvalue weighted by molar-refractivity contribution is 5.96. The van der Waals surface area contributed by atoms with Gasteiger partial charge in [0.05, 0.1) is 7.11 Å². The Balaban J connectivity index is 1.92. The number of rotatable bonds is 6. The molecule has 0 aliphatic rings. The fourth-order valence-corrected chi connectivity index (χ4v) is 1.98. The van der Waals surface area contributed by atoms with Crippen molar-refractivity contribution in [2.75, 3.05) is 18.6 Å². The SMILES string of the molecule is COc1ccc(CNC(=O)CN(C(C)=O)c2cc(C)on2)cc1. The quantitative estimate of drug-likeness (QED) is 0.876. The molecular weight excluding hydrogens is 298 g/mol. The first-order valence-corrected chi connectivity index (χ1v) is 7.10. The van der Waals surface area contributed by atoms with Crippen LogP contribution in [0.15, 0.2) is 34.9 Å². The molecule has 2 rings (SSSR count). The lowest BCUT2D eigenvalue weighted by atomic mass is 10.2. The average molecular weight is 317 g/mol. The first-order valence-electron chi connectivity index (χ1n) is 7.10. The maximum Gasteiger partial charge on any atom is 0.240 e. The number of ether oxygens (including phenoxy) is 1. The Labute approximate surface area is 134 Å². The van der Waals surface area contributed by atoms with Crippen molar-refractivity contribution in [2.24, 2.45) is 0 Å². The summed E-state index contributed by atoms with van der Waals surface area (Å²) in [5, 5.41) is 6.53. The van der Waals surface area contributed by atoms with E-state index in [2.05, 4.69) is 10.5 Å². The van der Waals surface area contributed by atoms with Gasteiger partial charge in [-0.2, -0.15) is 0 Å². The van der Waals surface area contributed by atoms with Gasteiger partial charge in [0.2, 0.25) is 11.8 Å². The molecular formula is C16H19N3O4. The zero-order valence-electron chi connectivity index (χ0n) is 13.3. The molecule has 7 nitrogen and oxygen atoms in total. The van der Waals surface area contributed by atoms with Crippen LogP contribution in [0.1, 0.15) is 18.2 Å². The summed E-state index contributed by atoms with van der Waals surface area (Å²) in [6.45, 7) is 3.35. The Morgan fingerprint density at radius 3 is 2.52 bits per heavy atom. The van der Waals surface area contributed by atoms with Crippen LogP contribution in [-0.2, 0) is 16.1 Å². The van der Waals surface area contributed by atoms with Crippen LogP contribution in [0.5, 0.6) is 5.75 Å². The van der Waals surface area contributed by atoms with Gasteiger partial charge in [0.15, 0.2) is 5.82 Å². The maximum absolute atomic E-state index is 12.0. The number of nitrogens with zero attached hydrogens (tertiary/aromatic N) is 2. The first-order chi connectivity index (χ1) is 11.0. The van der Waals surface area contributed by atoms with Gasteiger partial charge in [-0.3, -0.25) is 14.5 Å². The highest BCUT2D eigenvalue weighted by Crippen LogP contribution is 2.14. The second-order valence-corrected chi connectivity index (χ2v) is 5.03. The molecule has 1 N–H and O–H groups in total. The molecule has 7 heteroatoms. The number of aryl methyl sites for hydroxylation is 1. The minimum absolute atomic E-state index is 0.114. The van der Waals surface area contributed by atoms with E-state index in [1.807, 2.05) is 24.3 Å². The van der Waals surface area contributed by atoms with Crippen LogP contribution in [0, 0.1) is 6.92 Å². The molecule has 2 aromatic rings. The second kappa shape index (κ2) is 7.44. The lowest BCUT2D eigenvalue weighted by Gasteiger charge is -2.17. The van der Waals surface area contributed by atoms with Gasteiger partial charge in [0.25, 0.3) is 0 Å². The Morgan fingerprint density at radius 1 is 1.30 bits per heavy atom. The molecule has 0 saturated heterocycles. The molecule has 2 amide bonds. The Hall–Kier alpha value is -2.83. The summed E-state index contributed by atoms with van der Waals surface area (Å²) < 4.78 is 10.0. The minimum Gasteiger partial charge on any atom is -0.497 e. The molecule has 0 fully saturated rings. The predicted molar refractivity (Wildman–Crippen MR) is 84.1 cm³/mol. The number of nitrogens with one attached hydrogen (secondary N) is 1. The van der Waals surface area contributed by atoms with Gasteiger partial charge >= 0.3 is 0 Å². The van der Waals surface area contributed by atoms with Crippen LogP contribution in [0.2, 0.25) is 0 Å². The van der Waals surface area contributed by atoms with Crippen molar-refractivity contribution in [1.82, 2.24) is 10.5 Å². The smallest absolute Gasteiger partial charge is 0.240 e. The average Bonchev–Trinajstić information content (AvgIpc) is 2.97. The van der Waals surface area contributed by atoms with Gasteiger partial charge in [-0.1, -0.05) is 17.3 Å². The van der Waals surface area contributed by atoms with Crippen LogP contribution >= 0.6 is 0 Å². The number of methoxy groups -OCH3 is 1. The molecule has 0 radical (unpaired) electrons. The summed E-state index contributed by atoms with van der Waals surface area (Å²) in [6.07, 6.45) is 0. The van der Waals surface area contributed by atoms with Gasteiger partial charge in [-0.25, -0.2) is 0 Å². The summed E-state index contributed by atoms with van der Waals surface area (Å²) in [4.78, 5) is 25.0. The Kier molecular flexibility index (Phi) is 5.35. The van der Waals surface area contributed by atoms with E-state index in [4.69, 9.17) is 9.26 Å². The molecule has 1 heterocycles. The fourth-order valence-electron chi connectivity index (χ4n) is 1.98. The lowest BCUT2D eigenvalue weighted by Crippen LogP contribution is -2.39. The van der Waals surface area contributed by atoms with Crippen LogP contribution in [0.4, 0.5) is 5.82 Å². The Morgan fingerprint density at radius 2 is 2.00 bits per heavy atom. The van der Waals surface area contributed by atoms with Crippen molar-refractivity contribution in [2.45, 2.75) is 20.4 Å². The largest absolute Gasteiger partial charge is 0.497 e. The number of benzene rings is 1. The van der Waals surface area contributed by atoms with Crippen molar-refractivity contribution in [1.29, 1.82) is 0 Å². The monoisotopic (exact) mass is 317 g/mol. The molecule has 23 heavy (non-hydrogen) atoms. The van der Waals surface area contributed by atoms with Gasteiger partial charge < -0.3 is 14.6 Å². The summed E-state index contributed by atoms with van der Waals surface area (Å²) >= 11 is 0. The van der Waals surface area contributed by atoms with Crippen LogP contribution in [0.3, 0.4) is 0 Å². The van der Waals surface area contributed by atoms with E-state index in [0.29, 0.717) is 18.1 Å². The van der Waals surface area contributed by atoms with E-state index in [9.17, 15) is 9.59 Å². The number of anilines is 1. The number of carbonyl (C=O) groups excluding carboxylic acids is 2. The van der Waals surface area contributed by atoms with E-state index in [1.54, 1.807) is 20.1 Å². The zero-order valence-corrected chi connectivity index (χ0v) is 13.3. The molecule has 122 valence electrons. The van der Waals surface area contributed by atoms with Gasteiger partial charge in [0, 0.05) is 19.5 Å². The number of aromatic nitrogens is 1. The third-order valence-electron chi connectivity index (χ3n) is 3.22. The number of amides is 2. The fraction of sp³-hybridized carbons (Fsp3) is 0.312. The maximum atomic E-state index is 12.0. The number of hydrogen-bond acceptors (Lipinski definition) is 5. The highest BCUT2D eigenvalue weighted by atomic mass is 16.5. The lowest BCUT2D eigenvalue weighted by molar-refractivity contribution is -0.123. The van der Waals surface area contributed by atoms with Crippen molar-refractivity contribution < 1.29 is 18.8 Å². The third-order valence-corrected chi connectivity index (χ3v) is 3.22. The molecule has 0 spiro atoms. The molecule has 0 saturated carbocycles. The van der Waals surface area contributed by atoms with E-state index in [0.717, 1.165) is 11.3 Å². The first kappa shape index (κ1) is 16.5. The minimum atomic E-state index is -0.281. The molecule has 0 aliphatic heterocycles. The Bertz CT molecular complexity index is 679. The summed E-state index contributed by atoms with van der Waals surface area (Å²) in [7, 11) is 1.60. The van der Waals surface area contributed by atoms with E-state index >= 15 is 0 Å². The van der Waals surface area contributed by atoms with Crippen molar-refractivity contribution in [3.8, 4) is 5.75 Å². The van der Waals surface area contributed by atoms with Gasteiger partial charge in [-0.15, -0.1) is 0 Å². The second-order valence-electron chi connectivity index (χ2n) is 5.03. The van der Waals surface area contributed by atoms with Gasteiger partial charge in [-0.05, 0) is 24.6 Å². The normalized spacial score (nSPS) is 10.2. The van der Waals surface area contributed by atoms with Crippen molar-refractivity contribution in [3.05, 3.63) is 41.7 Å². The van der Waals surface area contributed by atoms with Crippen LogP contribution in [0.25, 0.3) is 0 Å². The summed E-state index contributed by atoms with van der Waals surface area (Å²) in [5.74, 6) is 1.10. The summed E-state index contributed by atoms with van der Waals surface area (Å²) in [6, 6.07) is 8.98. The van der Waals surface area contributed by atoms with E-state index in [1.165, 1.54) is 11.8 Å². The third kappa shape index (κ3) is 4.57. The van der Waals surface area contributed by atoms with Crippen LogP contribution in [-0.4, -0.2) is 30.6 Å². The van der Waals surface area contributed by atoms with E-state index in [-0.39, 0.29) is 18.4 Å². The standard InChI is InChI=1S/C16H19N3O4/c1-11-8-15(18-23-11)19(12(2)20)10-16(21)17-9-13-4-6-14(22-3)7-5-13/h4-8H,9-10H2,1-3H3,(H,17,21). The summed E-state index contributed by atoms with van der Waals surface area (Å²) in [5.41, 5.74) is 0.936. The molecule has 0 aliphatic carbocycles. The topological polar surface area (TPSA) is 84.7 Å². The number of carbonyl (C=O) groups is 2. The molecule has 0 unspecified atom stereocenters. The molecule has 1 aromatic carbocycles. The molecule has 0 bridgehead atoms.